The molecule has 88 valence electrons. The van der Waals surface area contributed by atoms with Gasteiger partial charge in [-0.25, -0.2) is 4.39 Å². The minimum absolute atomic E-state index is 0.169. The third kappa shape index (κ3) is 2.51. The highest BCUT2D eigenvalue weighted by molar-refractivity contribution is 5.53. The molecule has 1 aromatic rings. The van der Waals surface area contributed by atoms with Crippen molar-refractivity contribution in [3.8, 4) is 11.5 Å². The number of hydrogen-bond acceptors (Lipinski definition) is 3. The molecule has 0 radical (unpaired) electrons. The molecule has 0 spiro atoms. The first-order chi connectivity index (χ1) is 7.63. The number of ether oxygens (including phenoxy) is 2. The lowest BCUT2D eigenvalue weighted by atomic mass is 9.97. The zero-order valence-electron chi connectivity index (χ0n) is 9.62. The van der Waals surface area contributed by atoms with Crippen molar-refractivity contribution in [1.29, 1.82) is 0 Å². The van der Waals surface area contributed by atoms with Crippen LogP contribution in [-0.4, -0.2) is 20.5 Å². The van der Waals surface area contributed by atoms with Gasteiger partial charge in [-0.15, -0.1) is 0 Å². The Labute approximate surface area is 94.2 Å². The van der Waals surface area contributed by atoms with E-state index in [0.717, 1.165) is 6.29 Å². The third-order valence-electron chi connectivity index (χ3n) is 2.48. The third-order valence-corrected chi connectivity index (χ3v) is 2.48. The van der Waals surface area contributed by atoms with Gasteiger partial charge in [0, 0.05) is 12.5 Å². The molecular formula is C12H15FO3. The standard InChI is InChI=1S/C12H15FO3/c1-8(4-5-14)9-6-11(15-2)12(16-3)7-10(9)13/h5-8H,4H2,1-3H3. The second-order valence-electron chi connectivity index (χ2n) is 3.53. The van der Waals surface area contributed by atoms with E-state index in [1.807, 2.05) is 0 Å². The van der Waals surface area contributed by atoms with Crippen LogP contribution in [0.25, 0.3) is 0 Å². The lowest BCUT2D eigenvalue weighted by Crippen LogP contribution is -2.01. The molecular weight excluding hydrogens is 211 g/mol. The van der Waals surface area contributed by atoms with Crippen molar-refractivity contribution in [2.45, 2.75) is 19.3 Å². The highest BCUT2D eigenvalue weighted by Crippen LogP contribution is 2.33. The Morgan fingerprint density at radius 1 is 1.31 bits per heavy atom. The summed E-state index contributed by atoms with van der Waals surface area (Å²) in [5, 5.41) is 0. The van der Waals surface area contributed by atoms with Crippen LogP contribution in [0.1, 0.15) is 24.8 Å². The van der Waals surface area contributed by atoms with Gasteiger partial charge in [-0.1, -0.05) is 6.92 Å². The van der Waals surface area contributed by atoms with Gasteiger partial charge in [-0.05, 0) is 17.5 Å². The molecule has 1 unspecified atom stereocenters. The van der Waals surface area contributed by atoms with Gasteiger partial charge in [-0.2, -0.15) is 0 Å². The number of methoxy groups -OCH3 is 2. The molecule has 0 N–H and O–H groups in total. The van der Waals surface area contributed by atoms with Crippen molar-refractivity contribution in [3.05, 3.63) is 23.5 Å². The number of benzene rings is 1. The monoisotopic (exact) mass is 226 g/mol. The number of aldehydes is 1. The van der Waals surface area contributed by atoms with Crippen LogP contribution in [0.15, 0.2) is 12.1 Å². The van der Waals surface area contributed by atoms with E-state index >= 15 is 0 Å². The molecule has 0 saturated carbocycles. The Hall–Kier alpha value is -1.58. The lowest BCUT2D eigenvalue weighted by Gasteiger charge is -2.14. The second kappa shape index (κ2) is 5.49. The minimum atomic E-state index is -0.382. The zero-order chi connectivity index (χ0) is 12.1. The highest BCUT2D eigenvalue weighted by atomic mass is 19.1. The Morgan fingerprint density at radius 3 is 2.38 bits per heavy atom. The van der Waals surface area contributed by atoms with E-state index in [2.05, 4.69) is 0 Å². The number of rotatable bonds is 5. The molecule has 0 aliphatic rings. The maximum atomic E-state index is 13.7. The molecule has 0 aliphatic carbocycles. The van der Waals surface area contributed by atoms with Crippen molar-refractivity contribution in [2.24, 2.45) is 0 Å². The first-order valence-corrected chi connectivity index (χ1v) is 4.99. The molecule has 0 saturated heterocycles. The summed E-state index contributed by atoms with van der Waals surface area (Å²) in [6.07, 6.45) is 1.06. The van der Waals surface area contributed by atoms with E-state index in [0.29, 0.717) is 17.1 Å². The molecule has 0 bridgehead atoms. The largest absolute Gasteiger partial charge is 0.493 e. The highest BCUT2D eigenvalue weighted by Gasteiger charge is 2.15. The van der Waals surface area contributed by atoms with Gasteiger partial charge < -0.3 is 14.3 Å². The summed E-state index contributed by atoms with van der Waals surface area (Å²) in [5.74, 6) is 0.267. The van der Waals surface area contributed by atoms with E-state index in [-0.39, 0.29) is 18.2 Å². The first-order valence-electron chi connectivity index (χ1n) is 4.99. The van der Waals surface area contributed by atoms with Gasteiger partial charge in [0.15, 0.2) is 11.5 Å². The molecule has 1 aromatic carbocycles. The topological polar surface area (TPSA) is 35.5 Å². The van der Waals surface area contributed by atoms with Crippen molar-refractivity contribution >= 4 is 6.29 Å². The fraction of sp³-hybridized carbons (Fsp3) is 0.417. The molecule has 4 heteroatoms. The molecule has 0 amide bonds. The van der Waals surface area contributed by atoms with E-state index in [4.69, 9.17) is 9.47 Å². The van der Waals surface area contributed by atoms with Crippen LogP contribution < -0.4 is 9.47 Å². The fourth-order valence-electron chi connectivity index (χ4n) is 1.52. The van der Waals surface area contributed by atoms with Gasteiger partial charge >= 0.3 is 0 Å². The van der Waals surface area contributed by atoms with Crippen LogP contribution in [-0.2, 0) is 4.79 Å². The average Bonchev–Trinajstić information content (AvgIpc) is 2.28. The number of hydrogen-bond donors (Lipinski definition) is 0. The summed E-state index contributed by atoms with van der Waals surface area (Å²) in [6, 6.07) is 2.85. The normalized spacial score (nSPS) is 12.0. The summed E-state index contributed by atoms with van der Waals surface area (Å²) >= 11 is 0. The fourth-order valence-corrected chi connectivity index (χ4v) is 1.52. The minimum Gasteiger partial charge on any atom is -0.493 e. The molecule has 3 nitrogen and oxygen atoms in total. The van der Waals surface area contributed by atoms with Crippen LogP contribution >= 0.6 is 0 Å². The maximum absolute atomic E-state index is 13.7. The molecule has 0 aromatic heterocycles. The Morgan fingerprint density at radius 2 is 1.88 bits per heavy atom. The van der Waals surface area contributed by atoms with Crippen molar-refractivity contribution < 1.29 is 18.7 Å². The van der Waals surface area contributed by atoms with Gasteiger partial charge in [-0.3, -0.25) is 0 Å². The quantitative estimate of drug-likeness (QED) is 0.724. The maximum Gasteiger partial charge on any atom is 0.163 e. The summed E-state index contributed by atoms with van der Waals surface area (Å²) in [7, 11) is 2.94. The predicted molar refractivity (Wildman–Crippen MR) is 58.6 cm³/mol. The van der Waals surface area contributed by atoms with E-state index in [9.17, 15) is 9.18 Å². The molecule has 0 aliphatic heterocycles. The van der Waals surface area contributed by atoms with E-state index in [1.165, 1.54) is 20.3 Å². The lowest BCUT2D eigenvalue weighted by molar-refractivity contribution is -0.108. The van der Waals surface area contributed by atoms with Gasteiger partial charge in [0.05, 0.1) is 14.2 Å². The first kappa shape index (κ1) is 12.5. The van der Waals surface area contributed by atoms with Crippen molar-refractivity contribution in [2.75, 3.05) is 14.2 Å². The Balaban J connectivity index is 3.15. The van der Waals surface area contributed by atoms with E-state index in [1.54, 1.807) is 13.0 Å². The van der Waals surface area contributed by atoms with Crippen LogP contribution in [0.3, 0.4) is 0 Å². The van der Waals surface area contributed by atoms with Gasteiger partial charge in [0.25, 0.3) is 0 Å². The Bertz CT molecular complexity index is 377. The molecule has 16 heavy (non-hydrogen) atoms. The van der Waals surface area contributed by atoms with Gasteiger partial charge in [0.1, 0.15) is 12.1 Å². The van der Waals surface area contributed by atoms with Crippen LogP contribution in [0, 0.1) is 5.82 Å². The number of carbonyl (C=O) groups is 1. The number of halogens is 1. The summed E-state index contributed by atoms with van der Waals surface area (Å²) in [6.45, 7) is 1.79. The second-order valence-corrected chi connectivity index (χ2v) is 3.53. The summed E-state index contributed by atoms with van der Waals surface area (Å²) in [5.41, 5.74) is 0.463. The van der Waals surface area contributed by atoms with Crippen LogP contribution in [0.4, 0.5) is 4.39 Å². The number of carbonyl (C=O) groups excluding carboxylic acids is 1. The van der Waals surface area contributed by atoms with Crippen molar-refractivity contribution in [3.63, 3.8) is 0 Å². The Kier molecular flexibility index (Phi) is 4.28. The molecule has 0 heterocycles. The van der Waals surface area contributed by atoms with Crippen LogP contribution in [0.2, 0.25) is 0 Å². The zero-order valence-corrected chi connectivity index (χ0v) is 9.62. The SMILES string of the molecule is COc1cc(F)c(C(C)CC=O)cc1OC. The molecule has 0 fully saturated rings. The summed E-state index contributed by atoms with van der Waals surface area (Å²) in [4.78, 5) is 10.4. The summed E-state index contributed by atoms with van der Waals surface area (Å²) < 4.78 is 23.7. The smallest absolute Gasteiger partial charge is 0.163 e. The van der Waals surface area contributed by atoms with Gasteiger partial charge in [0.2, 0.25) is 0 Å². The predicted octanol–water partition coefficient (Wildman–Crippen LogP) is 2.54. The van der Waals surface area contributed by atoms with Crippen LogP contribution in [0.5, 0.6) is 11.5 Å². The molecule has 1 atom stereocenters. The molecule has 1 rings (SSSR count). The van der Waals surface area contributed by atoms with E-state index < -0.39 is 0 Å². The van der Waals surface area contributed by atoms with Crippen molar-refractivity contribution in [1.82, 2.24) is 0 Å². The average molecular weight is 226 g/mol.